The third-order valence-corrected chi connectivity index (χ3v) is 3.93. The summed E-state index contributed by atoms with van der Waals surface area (Å²) in [6, 6.07) is 0.161. The van der Waals surface area contributed by atoms with Crippen molar-refractivity contribution in [3.05, 3.63) is 17.3 Å². The number of amides is 1. The highest BCUT2D eigenvalue weighted by Crippen LogP contribution is 2.25. The Morgan fingerprint density at radius 3 is 2.78 bits per heavy atom. The van der Waals surface area contributed by atoms with Crippen LogP contribution < -0.4 is 5.32 Å². The van der Waals surface area contributed by atoms with Crippen molar-refractivity contribution in [2.75, 3.05) is 5.88 Å². The summed E-state index contributed by atoms with van der Waals surface area (Å²) < 4.78 is 5.33. The van der Waals surface area contributed by atoms with E-state index in [1.807, 2.05) is 0 Å². The first-order valence-corrected chi connectivity index (χ1v) is 6.96. The minimum Gasteiger partial charge on any atom is -0.436 e. The van der Waals surface area contributed by atoms with E-state index in [0.29, 0.717) is 29.1 Å². The van der Waals surface area contributed by atoms with Gasteiger partial charge in [0.1, 0.15) is 0 Å². The van der Waals surface area contributed by atoms with Crippen molar-refractivity contribution in [3.63, 3.8) is 0 Å². The normalized spacial score (nSPS) is 23.9. The summed E-state index contributed by atoms with van der Waals surface area (Å²) in [6.45, 7) is 3.53. The fraction of sp³-hybridized carbons (Fsp3) is 0.692. The zero-order valence-electron chi connectivity index (χ0n) is 10.8. The number of nitrogens with zero attached hydrogens (tertiary/aromatic N) is 1. The van der Waals surface area contributed by atoms with Gasteiger partial charge < -0.3 is 9.73 Å². The first-order valence-electron chi connectivity index (χ1n) is 6.42. The number of aryl methyl sites for hydroxylation is 2. The fourth-order valence-electron chi connectivity index (χ4n) is 2.56. The molecule has 4 nitrogen and oxygen atoms in total. The average Bonchev–Trinajstić information content (AvgIpc) is 2.69. The first kappa shape index (κ1) is 13.4. The van der Waals surface area contributed by atoms with Crippen molar-refractivity contribution >= 4 is 17.5 Å². The predicted octanol–water partition coefficient (Wildman–Crippen LogP) is 2.82. The average molecular weight is 271 g/mol. The fourth-order valence-corrected chi connectivity index (χ4v) is 2.93. The van der Waals surface area contributed by atoms with E-state index in [0.717, 1.165) is 19.3 Å². The zero-order chi connectivity index (χ0) is 13.1. The lowest BCUT2D eigenvalue weighted by Crippen LogP contribution is -2.42. The molecule has 2 unspecified atom stereocenters. The van der Waals surface area contributed by atoms with Crippen molar-refractivity contribution in [1.82, 2.24) is 10.3 Å². The van der Waals surface area contributed by atoms with E-state index in [-0.39, 0.29) is 11.9 Å². The zero-order valence-corrected chi connectivity index (χ0v) is 11.6. The molecule has 1 heterocycles. The van der Waals surface area contributed by atoms with Crippen molar-refractivity contribution < 1.29 is 9.21 Å². The number of rotatable bonds is 3. The summed E-state index contributed by atoms with van der Waals surface area (Å²) in [5.41, 5.74) is 0.642. The summed E-state index contributed by atoms with van der Waals surface area (Å²) in [7, 11) is 0. The first-order chi connectivity index (χ1) is 8.61. The number of aromatic nitrogens is 1. The summed E-state index contributed by atoms with van der Waals surface area (Å²) in [6.07, 6.45) is 4.43. The molecule has 1 aromatic rings. The maximum atomic E-state index is 12.1. The molecule has 0 spiro atoms. The Kier molecular flexibility index (Phi) is 4.27. The van der Waals surface area contributed by atoms with Crippen LogP contribution >= 0.6 is 11.6 Å². The van der Waals surface area contributed by atoms with E-state index in [1.165, 1.54) is 6.42 Å². The van der Waals surface area contributed by atoms with Gasteiger partial charge in [0, 0.05) is 18.8 Å². The molecule has 0 aliphatic heterocycles. The molecular formula is C13H19ClN2O2. The lowest BCUT2D eigenvalue weighted by atomic mass is 9.85. The number of carbonyl (C=O) groups excluding carboxylic acids is 1. The summed E-state index contributed by atoms with van der Waals surface area (Å²) >= 11 is 5.95. The van der Waals surface area contributed by atoms with Crippen LogP contribution in [0.2, 0.25) is 0 Å². The van der Waals surface area contributed by atoms with E-state index >= 15 is 0 Å². The molecule has 1 aliphatic carbocycles. The van der Waals surface area contributed by atoms with Gasteiger partial charge in [0.2, 0.25) is 5.76 Å². The highest BCUT2D eigenvalue weighted by Gasteiger charge is 2.27. The van der Waals surface area contributed by atoms with Crippen LogP contribution in [0.15, 0.2) is 4.42 Å². The van der Waals surface area contributed by atoms with Crippen LogP contribution in [0.3, 0.4) is 0 Å². The Morgan fingerprint density at radius 2 is 2.17 bits per heavy atom. The third-order valence-electron chi connectivity index (χ3n) is 3.53. The molecule has 0 radical (unpaired) electrons. The number of alkyl halides is 1. The number of nitrogens with one attached hydrogen (secondary N) is 1. The molecule has 18 heavy (non-hydrogen) atoms. The molecule has 100 valence electrons. The molecule has 1 fully saturated rings. The molecule has 0 bridgehead atoms. The van der Waals surface area contributed by atoms with Gasteiger partial charge in [-0.2, -0.15) is 0 Å². The second-order valence-corrected chi connectivity index (χ2v) is 5.23. The number of oxazole rings is 1. The number of halogens is 1. The van der Waals surface area contributed by atoms with Crippen molar-refractivity contribution in [1.29, 1.82) is 0 Å². The number of carbonyl (C=O) groups is 1. The van der Waals surface area contributed by atoms with E-state index in [1.54, 1.807) is 13.8 Å². The number of hydrogen-bond acceptors (Lipinski definition) is 3. The van der Waals surface area contributed by atoms with Gasteiger partial charge in [-0.3, -0.25) is 4.79 Å². The Balaban J connectivity index is 2.04. The molecular weight excluding hydrogens is 252 g/mol. The summed E-state index contributed by atoms with van der Waals surface area (Å²) in [4.78, 5) is 16.2. The van der Waals surface area contributed by atoms with Crippen molar-refractivity contribution in [2.45, 2.75) is 45.6 Å². The van der Waals surface area contributed by atoms with Gasteiger partial charge in [0.25, 0.3) is 5.91 Å². The lowest BCUT2D eigenvalue weighted by Gasteiger charge is -2.30. The largest absolute Gasteiger partial charge is 0.436 e. The van der Waals surface area contributed by atoms with Crippen LogP contribution in [0.4, 0.5) is 0 Å². The van der Waals surface area contributed by atoms with Gasteiger partial charge in [-0.15, -0.1) is 11.6 Å². The standard InChI is InChI=1S/C13H19ClN2O2/c1-8-12(18-9(2)15-8)13(17)16-11-6-4-3-5-10(11)7-14/h10-11H,3-7H2,1-2H3,(H,16,17). The van der Waals surface area contributed by atoms with E-state index in [2.05, 4.69) is 10.3 Å². The van der Waals surface area contributed by atoms with Crippen LogP contribution in [0.25, 0.3) is 0 Å². The summed E-state index contributed by atoms with van der Waals surface area (Å²) in [5, 5.41) is 3.03. The Labute approximate surface area is 112 Å². The summed E-state index contributed by atoms with van der Waals surface area (Å²) in [5.74, 6) is 1.64. The van der Waals surface area contributed by atoms with E-state index < -0.39 is 0 Å². The maximum absolute atomic E-state index is 12.1. The topological polar surface area (TPSA) is 55.1 Å². The molecule has 5 heteroatoms. The lowest BCUT2D eigenvalue weighted by molar-refractivity contribution is 0.0880. The predicted molar refractivity (Wildman–Crippen MR) is 69.9 cm³/mol. The third kappa shape index (κ3) is 2.86. The van der Waals surface area contributed by atoms with Crippen LogP contribution in [0.1, 0.15) is 47.8 Å². The van der Waals surface area contributed by atoms with E-state index in [4.69, 9.17) is 16.0 Å². The van der Waals surface area contributed by atoms with Gasteiger partial charge in [0.15, 0.2) is 5.89 Å². The van der Waals surface area contributed by atoms with E-state index in [9.17, 15) is 4.79 Å². The SMILES string of the molecule is Cc1nc(C)c(C(=O)NC2CCCCC2CCl)o1. The molecule has 1 N–H and O–H groups in total. The molecule has 2 rings (SSSR count). The molecule has 0 saturated heterocycles. The molecule has 1 aliphatic rings. The molecule has 1 aromatic heterocycles. The molecule has 0 aromatic carbocycles. The minimum atomic E-state index is -0.171. The van der Waals surface area contributed by atoms with Gasteiger partial charge in [-0.05, 0) is 25.7 Å². The van der Waals surface area contributed by atoms with Crippen molar-refractivity contribution in [2.24, 2.45) is 5.92 Å². The Bertz CT molecular complexity index is 431. The van der Waals surface area contributed by atoms with Gasteiger partial charge >= 0.3 is 0 Å². The molecule has 1 saturated carbocycles. The minimum absolute atomic E-state index is 0.161. The molecule has 2 atom stereocenters. The second-order valence-electron chi connectivity index (χ2n) is 4.93. The quantitative estimate of drug-likeness (QED) is 0.860. The second kappa shape index (κ2) is 5.74. The van der Waals surface area contributed by atoms with Crippen LogP contribution in [0, 0.1) is 19.8 Å². The van der Waals surface area contributed by atoms with Gasteiger partial charge in [-0.1, -0.05) is 12.8 Å². The smallest absolute Gasteiger partial charge is 0.289 e. The van der Waals surface area contributed by atoms with Gasteiger partial charge in [-0.25, -0.2) is 4.98 Å². The van der Waals surface area contributed by atoms with Crippen molar-refractivity contribution in [3.8, 4) is 0 Å². The monoisotopic (exact) mass is 270 g/mol. The molecule has 1 amide bonds. The highest BCUT2D eigenvalue weighted by atomic mass is 35.5. The highest BCUT2D eigenvalue weighted by molar-refractivity contribution is 6.18. The van der Waals surface area contributed by atoms with Crippen LogP contribution in [0.5, 0.6) is 0 Å². The van der Waals surface area contributed by atoms with Gasteiger partial charge in [0.05, 0.1) is 5.69 Å². The Morgan fingerprint density at radius 1 is 1.44 bits per heavy atom. The van der Waals surface area contributed by atoms with Crippen LogP contribution in [-0.4, -0.2) is 22.8 Å². The van der Waals surface area contributed by atoms with Crippen LogP contribution in [-0.2, 0) is 0 Å². The maximum Gasteiger partial charge on any atom is 0.289 e. The number of hydrogen-bond donors (Lipinski definition) is 1. The Hall–Kier alpha value is -1.03.